The zero-order valence-corrected chi connectivity index (χ0v) is 14.5. The average molecular weight is 350 g/mol. The number of hydrogen-bond acceptors (Lipinski definition) is 5. The third-order valence-corrected chi connectivity index (χ3v) is 3.55. The predicted molar refractivity (Wildman–Crippen MR) is 97.4 cm³/mol. The fourth-order valence-corrected chi connectivity index (χ4v) is 2.13. The normalized spacial score (nSPS) is 10.6. The highest BCUT2D eigenvalue weighted by atomic mass is 16.6. The number of amides is 1. The summed E-state index contributed by atoms with van der Waals surface area (Å²) in [5, 5.41) is 12.1. The second-order valence-electron chi connectivity index (χ2n) is 5.34. The Morgan fingerprint density at radius 3 is 2.54 bits per heavy atom. The maximum Gasteiger partial charge on any atom is 0.343 e. The molecule has 0 radical (unpaired) electrons. The number of carbonyl (C=O) groups is 2. The molecule has 0 saturated carbocycles. The summed E-state index contributed by atoms with van der Waals surface area (Å²) < 4.78 is 9.93. The van der Waals surface area contributed by atoms with Crippen LogP contribution in [-0.2, 0) is 14.3 Å². The third-order valence-electron chi connectivity index (χ3n) is 3.55. The lowest BCUT2D eigenvalue weighted by atomic mass is 10.1. The van der Waals surface area contributed by atoms with E-state index in [0.717, 1.165) is 5.56 Å². The first-order valence-corrected chi connectivity index (χ1v) is 7.82. The van der Waals surface area contributed by atoms with Gasteiger partial charge >= 0.3 is 5.97 Å². The molecule has 0 aliphatic rings. The van der Waals surface area contributed by atoms with Gasteiger partial charge in [0.05, 0.1) is 7.11 Å². The summed E-state index contributed by atoms with van der Waals surface area (Å²) in [7, 11) is 1.27. The number of carbonyl (C=O) groups excluding carboxylic acids is 2. The first-order valence-electron chi connectivity index (χ1n) is 7.82. The molecule has 6 heteroatoms. The Hall–Kier alpha value is -3.59. The SMILES string of the molecule is COC(=O)COc1ccccc1/C=C(\C#N)C(=O)Nc1ccccc1C. The second kappa shape index (κ2) is 9.04. The van der Waals surface area contributed by atoms with Crippen molar-refractivity contribution in [1.29, 1.82) is 5.26 Å². The standard InChI is InChI=1S/C20H18N2O4/c1-14-7-3-5-9-17(14)22-20(24)16(12-21)11-15-8-4-6-10-18(15)26-13-19(23)25-2/h3-11H,13H2,1-2H3,(H,22,24)/b16-11+. The van der Waals surface area contributed by atoms with E-state index < -0.39 is 11.9 Å². The smallest absolute Gasteiger partial charge is 0.343 e. The van der Waals surface area contributed by atoms with E-state index in [4.69, 9.17) is 4.74 Å². The monoisotopic (exact) mass is 350 g/mol. The van der Waals surface area contributed by atoms with Crippen molar-refractivity contribution < 1.29 is 19.1 Å². The van der Waals surface area contributed by atoms with Crippen LogP contribution in [0.4, 0.5) is 5.69 Å². The Morgan fingerprint density at radius 2 is 1.85 bits per heavy atom. The van der Waals surface area contributed by atoms with Crippen LogP contribution in [-0.4, -0.2) is 25.6 Å². The molecule has 2 aromatic rings. The maximum atomic E-state index is 12.4. The largest absolute Gasteiger partial charge is 0.481 e. The number of nitriles is 1. The Balaban J connectivity index is 2.23. The van der Waals surface area contributed by atoms with E-state index in [1.165, 1.54) is 13.2 Å². The van der Waals surface area contributed by atoms with E-state index in [2.05, 4.69) is 10.1 Å². The van der Waals surface area contributed by atoms with Crippen molar-refractivity contribution in [3.8, 4) is 11.8 Å². The van der Waals surface area contributed by atoms with Crippen molar-refractivity contribution in [3.63, 3.8) is 0 Å². The zero-order valence-electron chi connectivity index (χ0n) is 14.5. The molecule has 6 nitrogen and oxygen atoms in total. The van der Waals surface area contributed by atoms with Gasteiger partial charge in [0.15, 0.2) is 6.61 Å². The van der Waals surface area contributed by atoms with Gasteiger partial charge in [0.25, 0.3) is 5.91 Å². The van der Waals surface area contributed by atoms with Crippen LogP contribution in [0.5, 0.6) is 5.75 Å². The van der Waals surface area contributed by atoms with E-state index in [9.17, 15) is 14.9 Å². The highest BCUT2D eigenvalue weighted by Gasteiger charge is 2.12. The van der Waals surface area contributed by atoms with E-state index in [1.807, 2.05) is 25.1 Å². The number of para-hydroxylation sites is 2. The third kappa shape index (κ3) is 4.95. The molecule has 0 unspecified atom stereocenters. The van der Waals surface area contributed by atoms with Gasteiger partial charge < -0.3 is 14.8 Å². The number of esters is 1. The Bertz CT molecular complexity index is 881. The van der Waals surface area contributed by atoms with E-state index >= 15 is 0 Å². The van der Waals surface area contributed by atoms with Gasteiger partial charge in [0.1, 0.15) is 17.4 Å². The van der Waals surface area contributed by atoms with Crippen molar-refractivity contribution in [2.45, 2.75) is 6.92 Å². The molecule has 0 heterocycles. The van der Waals surface area contributed by atoms with Crippen molar-refractivity contribution in [2.24, 2.45) is 0 Å². The highest BCUT2D eigenvalue weighted by molar-refractivity contribution is 6.10. The molecule has 2 aromatic carbocycles. The quantitative estimate of drug-likeness (QED) is 0.491. The average Bonchev–Trinajstić information content (AvgIpc) is 2.66. The lowest BCUT2D eigenvalue weighted by Gasteiger charge is -2.09. The number of ether oxygens (including phenoxy) is 2. The molecule has 1 amide bonds. The van der Waals surface area contributed by atoms with Crippen molar-refractivity contribution in [1.82, 2.24) is 0 Å². The molecule has 0 aliphatic heterocycles. The first kappa shape index (κ1) is 18.7. The minimum atomic E-state index is -0.526. The number of nitrogens with one attached hydrogen (secondary N) is 1. The van der Waals surface area contributed by atoms with E-state index in [-0.39, 0.29) is 12.2 Å². The minimum Gasteiger partial charge on any atom is -0.481 e. The van der Waals surface area contributed by atoms with Crippen molar-refractivity contribution >= 4 is 23.6 Å². The Kier molecular flexibility index (Phi) is 6.52. The summed E-state index contributed by atoms with van der Waals surface area (Å²) >= 11 is 0. The maximum absolute atomic E-state index is 12.4. The van der Waals surface area contributed by atoms with Crippen LogP contribution in [0.2, 0.25) is 0 Å². The van der Waals surface area contributed by atoms with Crippen LogP contribution in [0.15, 0.2) is 54.1 Å². The van der Waals surface area contributed by atoms with Crippen LogP contribution >= 0.6 is 0 Å². The molecule has 0 aromatic heterocycles. The molecular formula is C20H18N2O4. The number of benzene rings is 2. The van der Waals surface area contributed by atoms with Crippen LogP contribution in [0.3, 0.4) is 0 Å². The van der Waals surface area contributed by atoms with Crippen molar-refractivity contribution in [3.05, 3.63) is 65.2 Å². The molecule has 0 bridgehead atoms. The number of nitrogens with zero attached hydrogens (tertiary/aromatic N) is 1. The summed E-state index contributed by atoms with van der Waals surface area (Å²) in [6, 6.07) is 16.0. The summed E-state index contributed by atoms with van der Waals surface area (Å²) in [6.07, 6.45) is 1.42. The molecule has 0 saturated heterocycles. The van der Waals surface area contributed by atoms with Gasteiger partial charge in [-0.25, -0.2) is 4.79 Å². The molecule has 2 rings (SSSR count). The molecule has 0 atom stereocenters. The van der Waals surface area contributed by atoms with Crippen LogP contribution in [0, 0.1) is 18.3 Å². The minimum absolute atomic E-state index is 0.0811. The number of hydrogen-bond donors (Lipinski definition) is 1. The van der Waals surface area contributed by atoms with Crippen molar-refractivity contribution in [2.75, 3.05) is 19.0 Å². The fourth-order valence-electron chi connectivity index (χ4n) is 2.13. The summed E-state index contributed by atoms with van der Waals surface area (Å²) in [5.74, 6) is -0.680. The van der Waals surface area contributed by atoms with Gasteiger partial charge in [0, 0.05) is 11.3 Å². The predicted octanol–water partition coefficient (Wildman–Crippen LogP) is 3.09. The van der Waals surface area contributed by atoms with Gasteiger partial charge in [-0.05, 0) is 30.7 Å². The lowest BCUT2D eigenvalue weighted by molar-refractivity contribution is -0.142. The molecule has 0 spiro atoms. The Morgan fingerprint density at radius 1 is 1.15 bits per heavy atom. The fraction of sp³-hybridized carbons (Fsp3) is 0.150. The van der Waals surface area contributed by atoms with Crippen LogP contribution < -0.4 is 10.1 Å². The molecule has 1 N–H and O–H groups in total. The van der Waals surface area contributed by atoms with Gasteiger partial charge in [0.2, 0.25) is 0 Å². The molecular weight excluding hydrogens is 332 g/mol. The number of methoxy groups -OCH3 is 1. The topological polar surface area (TPSA) is 88.4 Å². The van der Waals surface area contributed by atoms with E-state index in [1.54, 1.807) is 36.4 Å². The summed E-state index contributed by atoms with van der Waals surface area (Å²) in [4.78, 5) is 23.6. The highest BCUT2D eigenvalue weighted by Crippen LogP contribution is 2.22. The number of aryl methyl sites for hydroxylation is 1. The van der Waals surface area contributed by atoms with Gasteiger partial charge in [-0.2, -0.15) is 5.26 Å². The summed E-state index contributed by atoms with van der Waals surface area (Å²) in [5.41, 5.74) is 1.95. The molecule has 26 heavy (non-hydrogen) atoms. The van der Waals surface area contributed by atoms with Gasteiger partial charge in [-0.15, -0.1) is 0 Å². The molecule has 132 valence electrons. The zero-order chi connectivity index (χ0) is 18.9. The first-order chi connectivity index (χ1) is 12.5. The molecule has 0 aliphatic carbocycles. The second-order valence-corrected chi connectivity index (χ2v) is 5.34. The van der Waals surface area contributed by atoms with Gasteiger partial charge in [-0.1, -0.05) is 36.4 Å². The van der Waals surface area contributed by atoms with Crippen LogP contribution in [0.1, 0.15) is 11.1 Å². The van der Waals surface area contributed by atoms with E-state index in [0.29, 0.717) is 17.0 Å². The number of rotatable bonds is 6. The van der Waals surface area contributed by atoms with Crippen LogP contribution in [0.25, 0.3) is 6.08 Å². The van der Waals surface area contributed by atoms with Gasteiger partial charge in [-0.3, -0.25) is 4.79 Å². The molecule has 0 fully saturated rings. The number of anilines is 1. The Labute approximate surface area is 151 Å². The lowest BCUT2D eigenvalue weighted by Crippen LogP contribution is -2.15. The summed E-state index contributed by atoms with van der Waals surface area (Å²) in [6.45, 7) is 1.60.